The normalized spacial score (nSPS) is 12.3. The minimum Gasteiger partial charge on any atom is -0.454 e. The highest BCUT2D eigenvalue weighted by Crippen LogP contribution is 2.32. The van der Waals surface area contributed by atoms with Crippen LogP contribution in [0.1, 0.15) is 11.1 Å². The Balaban J connectivity index is 1.32. The van der Waals surface area contributed by atoms with Crippen molar-refractivity contribution in [3.05, 3.63) is 94.3 Å². The molecule has 5 rings (SSSR count). The smallest absolute Gasteiger partial charge is 0.275 e. The maximum atomic E-state index is 14.1. The molecule has 1 aliphatic rings. The van der Waals surface area contributed by atoms with E-state index in [0.29, 0.717) is 29.1 Å². The lowest BCUT2D eigenvalue weighted by Crippen LogP contribution is -2.32. The van der Waals surface area contributed by atoms with Crippen LogP contribution in [0, 0.1) is 5.82 Å². The predicted octanol–water partition coefficient (Wildman–Crippen LogP) is 3.04. The van der Waals surface area contributed by atoms with Crippen LogP contribution in [-0.2, 0) is 24.4 Å². The highest BCUT2D eigenvalue weighted by Gasteiger charge is 2.15. The first-order valence-corrected chi connectivity index (χ1v) is 10.2. The fraction of sp³-hybridized carbons (Fsp3) is 0.167. The average molecular weight is 433 g/mol. The van der Waals surface area contributed by atoms with Crippen molar-refractivity contribution >= 4 is 16.8 Å². The molecule has 3 heterocycles. The fourth-order valence-electron chi connectivity index (χ4n) is 3.77. The van der Waals surface area contributed by atoms with E-state index in [0.717, 1.165) is 10.9 Å². The van der Waals surface area contributed by atoms with E-state index in [4.69, 9.17) is 9.47 Å². The van der Waals surface area contributed by atoms with Gasteiger partial charge in [0.15, 0.2) is 11.5 Å². The van der Waals surface area contributed by atoms with Crippen molar-refractivity contribution in [2.75, 3.05) is 6.79 Å². The van der Waals surface area contributed by atoms with E-state index < -0.39 is 0 Å². The summed E-state index contributed by atoms with van der Waals surface area (Å²) in [5.74, 6) is 0.706. The van der Waals surface area contributed by atoms with Gasteiger partial charge in [0.25, 0.3) is 5.56 Å². The lowest BCUT2D eigenvalue weighted by Gasteiger charge is -2.10. The highest BCUT2D eigenvalue weighted by atomic mass is 19.1. The molecule has 162 valence electrons. The van der Waals surface area contributed by atoms with Crippen LogP contribution >= 0.6 is 0 Å². The third kappa shape index (κ3) is 3.82. The van der Waals surface area contributed by atoms with Gasteiger partial charge in [-0.25, -0.2) is 4.39 Å². The predicted molar refractivity (Wildman–Crippen MR) is 116 cm³/mol. The Bertz CT molecular complexity index is 1380. The number of hydrogen-bond acceptors (Lipinski definition) is 4. The molecule has 8 heteroatoms. The molecule has 0 unspecified atom stereocenters. The van der Waals surface area contributed by atoms with Gasteiger partial charge in [-0.15, -0.1) is 0 Å². The number of hydrogen-bond donors (Lipinski definition) is 1. The summed E-state index contributed by atoms with van der Waals surface area (Å²) >= 11 is 0. The Morgan fingerprint density at radius 1 is 1.00 bits per heavy atom. The summed E-state index contributed by atoms with van der Waals surface area (Å²) < 4.78 is 27.8. The van der Waals surface area contributed by atoms with Gasteiger partial charge in [-0.3, -0.25) is 9.59 Å². The maximum absolute atomic E-state index is 14.1. The average Bonchev–Trinajstić information content (AvgIpc) is 3.43. The van der Waals surface area contributed by atoms with Crippen molar-refractivity contribution < 1.29 is 18.7 Å². The number of ether oxygens (including phenoxy) is 2. The SMILES string of the molecule is O=C(Cn1ccc2ccn(Cc3ccccc3F)c2c1=O)NCc1ccc2c(c1)OCO2. The molecule has 0 saturated carbocycles. The van der Waals surface area contributed by atoms with Crippen LogP contribution in [0.15, 0.2) is 71.8 Å². The quantitative estimate of drug-likeness (QED) is 0.507. The van der Waals surface area contributed by atoms with Crippen molar-refractivity contribution in [1.29, 1.82) is 0 Å². The first kappa shape index (κ1) is 19.9. The molecule has 2 aromatic carbocycles. The minimum atomic E-state index is -0.325. The van der Waals surface area contributed by atoms with Crippen LogP contribution in [0.2, 0.25) is 0 Å². The van der Waals surface area contributed by atoms with Gasteiger partial charge in [0, 0.05) is 29.9 Å². The third-order valence-electron chi connectivity index (χ3n) is 5.43. The molecule has 0 bridgehead atoms. The lowest BCUT2D eigenvalue weighted by atomic mass is 10.2. The van der Waals surface area contributed by atoms with Crippen molar-refractivity contribution in [2.45, 2.75) is 19.6 Å². The molecule has 0 atom stereocenters. The van der Waals surface area contributed by atoms with E-state index in [2.05, 4.69) is 5.32 Å². The number of nitrogens with one attached hydrogen (secondary N) is 1. The lowest BCUT2D eigenvalue weighted by molar-refractivity contribution is -0.121. The Kier molecular flexibility index (Phi) is 5.10. The Labute approximate surface area is 182 Å². The van der Waals surface area contributed by atoms with Gasteiger partial charge >= 0.3 is 0 Å². The molecule has 4 aromatic rings. The highest BCUT2D eigenvalue weighted by molar-refractivity contribution is 5.80. The van der Waals surface area contributed by atoms with Crippen molar-refractivity contribution in [3.63, 3.8) is 0 Å². The molecule has 1 aliphatic heterocycles. The second-order valence-electron chi connectivity index (χ2n) is 7.55. The summed E-state index contributed by atoms with van der Waals surface area (Å²) in [5, 5.41) is 3.56. The van der Waals surface area contributed by atoms with Crippen LogP contribution in [0.3, 0.4) is 0 Å². The number of fused-ring (bicyclic) bond motifs is 2. The molecule has 0 aliphatic carbocycles. The molecule has 0 radical (unpaired) electrons. The van der Waals surface area contributed by atoms with E-state index in [-0.39, 0.29) is 37.2 Å². The number of nitrogens with zero attached hydrogens (tertiary/aromatic N) is 2. The van der Waals surface area contributed by atoms with E-state index in [1.165, 1.54) is 10.6 Å². The van der Waals surface area contributed by atoms with Crippen LogP contribution in [0.25, 0.3) is 10.9 Å². The van der Waals surface area contributed by atoms with Gasteiger partial charge in [0.05, 0.1) is 6.54 Å². The standard InChI is InChI=1S/C24H20FN3O4/c25-19-4-2-1-3-18(19)13-27-9-7-17-8-10-28(24(30)23(17)27)14-22(29)26-12-16-5-6-20-21(11-16)32-15-31-20/h1-11H,12-15H2,(H,26,29). The molecule has 7 nitrogen and oxygen atoms in total. The summed E-state index contributed by atoms with van der Waals surface area (Å²) in [7, 11) is 0. The zero-order valence-corrected chi connectivity index (χ0v) is 17.1. The number of pyridine rings is 1. The minimum absolute atomic E-state index is 0.121. The molecule has 0 fully saturated rings. The number of aromatic nitrogens is 2. The van der Waals surface area contributed by atoms with Crippen molar-refractivity contribution in [2.24, 2.45) is 0 Å². The number of carbonyl (C=O) groups excluding carboxylic acids is 1. The third-order valence-corrected chi connectivity index (χ3v) is 5.43. The van der Waals surface area contributed by atoms with Crippen LogP contribution in [0.5, 0.6) is 11.5 Å². The number of halogens is 1. The topological polar surface area (TPSA) is 74.5 Å². The number of benzene rings is 2. The molecule has 2 aromatic heterocycles. The Morgan fingerprint density at radius 3 is 2.62 bits per heavy atom. The van der Waals surface area contributed by atoms with Crippen LogP contribution in [-0.4, -0.2) is 21.8 Å². The molecule has 0 spiro atoms. The summed E-state index contributed by atoms with van der Waals surface area (Å²) in [6.45, 7) is 0.598. The molecular formula is C24H20FN3O4. The summed E-state index contributed by atoms with van der Waals surface area (Å²) in [6.07, 6.45) is 3.35. The molecule has 1 N–H and O–H groups in total. The fourth-order valence-corrected chi connectivity index (χ4v) is 3.77. The monoisotopic (exact) mass is 433 g/mol. The first-order valence-electron chi connectivity index (χ1n) is 10.2. The van der Waals surface area contributed by atoms with Gasteiger partial charge in [0.1, 0.15) is 17.9 Å². The van der Waals surface area contributed by atoms with E-state index in [1.54, 1.807) is 47.3 Å². The zero-order valence-electron chi connectivity index (χ0n) is 17.1. The summed E-state index contributed by atoms with van der Waals surface area (Å²) in [4.78, 5) is 25.5. The van der Waals surface area contributed by atoms with Crippen molar-refractivity contribution in [1.82, 2.24) is 14.5 Å². The number of rotatable bonds is 6. The number of carbonyl (C=O) groups is 1. The number of amides is 1. The molecule has 1 amide bonds. The Morgan fingerprint density at radius 2 is 1.78 bits per heavy atom. The second kappa shape index (κ2) is 8.22. The Hall–Kier alpha value is -4.07. The van der Waals surface area contributed by atoms with Gasteiger partial charge in [-0.1, -0.05) is 24.3 Å². The zero-order chi connectivity index (χ0) is 22.1. The van der Waals surface area contributed by atoms with E-state index in [1.807, 2.05) is 18.2 Å². The van der Waals surface area contributed by atoms with Gasteiger partial charge in [-0.2, -0.15) is 0 Å². The van der Waals surface area contributed by atoms with Gasteiger partial charge < -0.3 is 23.9 Å². The van der Waals surface area contributed by atoms with E-state index in [9.17, 15) is 14.0 Å². The summed E-state index contributed by atoms with van der Waals surface area (Å²) in [5.41, 5.74) is 1.48. The molecule has 32 heavy (non-hydrogen) atoms. The largest absolute Gasteiger partial charge is 0.454 e. The first-order chi connectivity index (χ1) is 15.6. The molecular weight excluding hydrogens is 413 g/mol. The van der Waals surface area contributed by atoms with Gasteiger partial charge in [-0.05, 0) is 35.9 Å². The molecule has 0 saturated heterocycles. The van der Waals surface area contributed by atoms with Crippen molar-refractivity contribution in [3.8, 4) is 11.5 Å². The second-order valence-corrected chi connectivity index (χ2v) is 7.55. The van der Waals surface area contributed by atoms with Crippen LogP contribution < -0.4 is 20.3 Å². The maximum Gasteiger partial charge on any atom is 0.275 e. The van der Waals surface area contributed by atoms with Gasteiger partial charge in [0.2, 0.25) is 12.7 Å². The van der Waals surface area contributed by atoms with Crippen LogP contribution in [0.4, 0.5) is 4.39 Å². The van der Waals surface area contributed by atoms with E-state index >= 15 is 0 Å². The summed E-state index contributed by atoms with van der Waals surface area (Å²) in [6, 6.07) is 15.5.